The SMILES string of the molecule is CSCCC(=O)c1ccc(C)c(C)c1C. The Hall–Kier alpha value is -0.760. The van der Waals surface area contributed by atoms with E-state index in [0.717, 1.165) is 16.9 Å². The third-order valence-electron chi connectivity index (χ3n) is 2.89. The summed E-state index contributed by atoms with van der Waals surface area (Å²) >= 11 is 1.72. The molecule has 0 aliphatic carbocycles. The lowest BCUT2D eigenvalue weighted by atomic mass is 9.96. The second-order valence-electron chi connectivity index (χ2n) is 3.85. The van der Waals surface area contributed by atoms with Crippen LogP contribution in [0.3, 0.4) is 0 Å². The van der Waals surface area contributed by atoms with Crippen molar-refractivity contribution >= 4 is 17.5 Å². The molecule has 0 aliphatic heterocycles. The molecule has 1 rings (SSSR count). The first-order valence-electron chi connectivity index (χ1n) is 5.17. The minimum atomic E-state index is 0.268. The summed E-state index contributed by atoms with van der Waals surface area (Å²) in [6.07, 6.45) is 2.67. The van der Waals surface area contributed by atoms with Crippen molar-refractivity contribution in [3.63, 3.8) is 0 Å². The first-order valence-corrected chi connectivity index (χ1v) is 6.56. The van der Waals surface area contributed by atoms with Gasteiger partial charge in [-0.1, -0.05) is 12.1 Å². The number of hydrogen-bond acceptors (Lipinski definition) is 2. The maximum atomic E-state index is 11.9. The second-order valence-corrected chi connectivity index (χ2v) is 4.83. The normalized spacial score (nSPS) is 10.4. The molecule has 0 unspecified atom stereocenters. The van der Waals surface area contributed by atoms with Gasteiger partial charge in [0.05, 0.1) is 0 Å². The Balaban J connectivity index is 2.95. The fourth-order valence-corrected chi connectivity index (χ4v) is 1.98. The Bertz CT molecular complexity index is 369. The van der Waals surface area contributed by atoms with Crippen LogP contribution in [0.15, 0.2) is 12.1 Å². The van der Waals surface area contributed by atoms with E-state index in [2.05, 4.69) is 13.8 Å². The van der Waals surface area contributed by atoms with Gasteiger partial charge in [-0.2, -0.15) is 11.8 Å². The van der Waals surface area contributed by atoms with Crippen molar-refractivity contribution in [2.45, 2.75) is 27.2 Å². The van der Waals surface area contributed by atoms with Crippen LogP contribution in [0.1, 0.15) is 33.5 Å². The lowest BCUT2D eigenvalue weighted by molar-refractivity contribution is 0.0989. The fraction of sp³-hybridized carbons (Fsp3) is 0.462. The van der Waals surface area contributed by atoms with Gasteiger partial charge < -0.3 is 0 Å². The third-order valence-corrected chi connectivity index (χ3v) is 3.50. The van der Waals surface area contributed by atoms with Crippen LogP contribution in [0.2, 0.25) is 0 Å². The summed E-state index contributed by atoms with van der Waals surface area (Å²) in [5, 5.41) is 0. The third kappa shape index (κ3) is 2.85. The molecule has 1 aromatic carbocycles. The Morgan fingerprint density at radius 3 is 2.47 bits per heavy atom. The van der Waals surface area contributed by atoms with E-state index in [0.29, 0.717) is 6.42 Å². The van der Waals surface area contributed by atoms with E-state index in [1.165, 1.54) is 11.1 Å². The minimum absolute atomic E-state index is 0.268. The quantitative estimate of drug-likeness (QED) is 0.725. The van der Waals surface area contributed by atoms with E-state index in [9.17, 15) is 4.79 Å². The predicted molar refractivity (Wildman–Crippen MR) is 68.0 cm³/mol. The number of rotatable bonds is 4. The number of Topliss-reactive ketones (excluding diaryl/α,β-unsaturated/α-hetero) is 1. The number of hydrogen-bond donors (Lipinski definition) is 0. The number of benzene rings is 1. The average molecular weight is 222 g/mol. The van der Waals surface area contributed by atoms with Crippen molar-refractivity contribution in [2.24, 2.45) is 0 Å². The molecule has 0 heterocycles. The van der Waals surface area contributed by atoms with Crippen molar-refractivity contribution in [2.75, 3.05) is 12.0 Å². The maximum absolute atomic E-state index is 11.9. The Kier molecular flexibility index (Phi) is 4.40. The van der Waals surface area contributed by atoms with Gasteiger partial charge in [0.25, 0.3) is 0 Å². The molecule has 0 saturated carbocycles. The van der Waals surface area contributed by atoms with Crippen molar-refractivity contribution in [3.05, 3.63) is 34.4 Å². The molecule has 1 nitrogen and oxygen atoms in total. The first-order chi connectivity index (χ1) is 7.07. The molecule has 0 amide bonds. The van der Waals surface area contributed by atoms with E-state index in [-0.39, 0.29) is 5.78 Å². The molecule has 0 fully saturated rings. The standard InChI is InChI=1S/C13H18OS/c1-9-5-6-12(11(3)10(9)2)13(14)7-8-15-4/h5-6H,7-8H2,1-4H3. The van der Waals surface area contributed by atoms with E-state index in [1.54, 1.807) is 11.8 Å². The highest BCUT2D eigenvalue weighted by molar-refractivity contribution is 7.98. The van der Waals surface area contributed by atoms with Crippen LogP contribution >= 0.6 is 11.8 Å². The molecule has 82 valence electrons. The fourth-order valence-electron chi connectivity index (χ4n) is 1.59. The summed E-state index contributed by atoms with van der Waals surface area (Å²) in [7, 11) is 0. The highest BCUT2D eigenvalue weighted by atomic mass is 32.2. The highest BCUT2D eigenvalue weighted by Crippen LogP contribution is 2.18. The smallest absolute Gasteiger partial charge is 0.163 e. The molecular formula is C13H18OS. The van der Waals surface area contributed by atoms with Crippen molar-refractivity contribution in [3.8, 4) is 0 Å². The molecule has 15 heavy (non-hydrogen) atoms. The van der Waals surface area contributed by atoms with E-state index >= 15 is 0 Å². The van der Waals surface area contributed by atoms with Gasteiger partial charge in [0, 0.05) is 17.7 Å². The summed E-state index contributed by atoms with van der Waals surface area (Å²) in [5.41, 5.74) is 4.53. The Labute approximate surface area is 96.3 Å². The van der Waals surface area contributed by atoms with Crippen LogP contribution in [0, 0.1) is 20.8 Å². The zero-order valence-electron chi connectivity index (χ0n) is 9.89. The van der Waals surface area contributed by atoms with Crippen LogP contribution in [0.25, 0.3) is 0 Å². The molecule has 0 aromatic heterocycles. The summed E-state index contributed by atoms with van der Waals surface area (Å²) in [6, 6.07) is 4.00. The molecule has 0 atom stereocenters. The van der Waals surface area contributed by atoms with Crippen molar-refractivity contribution in [1.82, 2.24) is 0 Å². The van der Waals surface area contributed by atoms with Crippen molar-refractivity contribution in [1.29, 1.82) is 0 Å². The largest absolute Gasteiger partial charge is 0.294 e. The van der Waals surface area contributed by atoms with Gasteiger partial charge in [-0.25, -0.2) is 0 Å². The summed E-state index contributed by atoms with van der Waals surface area (Å²) < 4.78 is 0. The molecule has 0 N–H and O–H groups in total. The molecular weight excluding hydrogens is 204 g/mol. The summed E-state index contributed by atoms with van der Waals surface area (Å²) in [6.45, 7) is 6.20. The van der Waals surface area contributed by atoms with Crippen LogP contribution in [0.5, 0.6) is 0 Å². The molecule has 0 spiro atoms. The second kappa shape index (κ2) is 5.36. The van der Waals surface area contributed by atoms with Gasteiger partial charge >= 0.3 is 0 Å². The van der Waals surface area contributed by atoms with E-state index in [1.807, 2.05) is 25.3 Å². The first kappa shape index (κ1) is 12.3. The zero-order chi connectivity index (χ0) is 11.4. The number of thioether (sulfide) groups is 1. The van der Waals surface area contributed by atoms with Crippen LogP contribution < -0.4 is 0 Å². The minimum Gasteiger partial charge on any atom is -0.294 e. The summed E-state index contributed by atoms with van der Waals surface area (Å²) in [4.78, 5) is 11.9. The van der Waals surface area contributed by atoms with Crippen LogP contribution in [-0.4, -0.2) is 17.8 Å². The van der Waals surface area contributed by atoms with Crippen molar-refractivity contribution < 1.29 is 4.79 Å². The summed E-state index contributed by atoms with van der Waals surface area (Å²) in [5.74, 6) is 1.18. The lowest BCUT2D eigenvalue weighted by Crippen LogP contribution is -2.05. The van der Waals surface area contributed by atoms with Crippen LogP contribution in [0.4, 0.5) is 0 Å². The lowest BCUT2D eigenvalue weighted by Gasteiger charge is -2.09. The van der Waals surface area contributed by atoms with Gasteiger partial charge in [0.1, 0.15) is 0 Å². The van der Waals surface area contributed by atoms with Gasteiger partial charge in [-0.3, -0.25) is 4.79 Å². The molecule has 1 aromatic rings. The molecule has 0 bridgehead atoms. The number of carbonyl (C=O) groups excluding carboxylic acids is 1. The van der Waals surface area contributed by atoms with Gasteiger partial charge in [0.2, 0.25) is 0 Å². The van der Waals surface area contributed by atoms with Gasteiger partial charge in [-0.05, 0) is 43.7 Å². The number of aryl methyl sites for hydroxylation is 1. The molecule has 0 aliphatic rings. The highest BCUT2D eigenvalue weighted by Gasteiger charge is 2.10. The van der Waals surface area contributed by atoms with Gasteiger partial charge in [-0.15, -0.1) is 0 Å². The van der Waals surface area contributed by atoms with E-state index < -0.39 is 0 Å². The predicted octanol–water partition coefficient (Wildman–Crippen LogP) is 3.55. The molecule has 0 radical (unpaired) electrons. The van der Waals surface area contributed by atoms with Gasteiger partial charge in [0.15, 0.2) is 5.78 Å². The van der Waals surface area contributed by atoms with Crippen LogP contribution in [-0.2, 0) is 0 Å². The molecule has 2 heteroatoms. The Morgan fingerprint density at radius 1 is 1.20 bits per heavy atom. The topological polar surface area (TPSA) is 17.1 Å². The molecule has 0 saturated heterocycles. The number of ketones is 1. The Morgan fingerprint density at radius 2 is 1.87 bits per heavy atom. The average Bonchev–Trinajstić information content (AvgIpc) is 2.23. The van der Waals surface area contributed by atoms with E-state index in [4.69, 9.17) is 0 Å². The zero-order valence-corrected chi connectivity index (χ0v) is 10.7. The maximum Gasteiger partial charge on any atom is 0.163 e. The monoisotopic (exact) mass is 222 g/mol. The number of carbonyl (C=O) groups is 1.